The van der Waals surface area contributed by atoms with Crippen LogP contribution in [0.5, 0.6) is 11.6 Å². The average molecular weight is 464 g/mol. The van der Waals surface area contributed by atoms with Crippen LogP contribution in [0.25, 0.3) is 11.1 Å². The minimum Gasteiger partial charge on any atom is -0.492 e. The summed E-state index contributed by atoms with van der Waals surface area (Å²) in [4.78, 5) is 30.2. The molecule has 0 radical (unpaired) electrons. The predicted molar refractivity (Wildman–Crippen MR) is 129 cm³/mol. The Kier molecular flexibility index (Phi) is 5.96. The van der Waals surface area contributed by atoms with Crippen molar-refractivity contribution in [2.75, 3.05) is 20.3 Å². The van der Waals surface area contributed by atoms with Gasteiger partial charge in [0.1, 0.15) is 5.75 Å². The molecule has 34 heavy (non-hydrogen) atoms. The third-order valence-corrected chi connectivity index (χ3v) is 7.85. The number of piperidine rings is 1. The number of carbonyl (C=O) groups is 2. The maximum absolute atomic E-state index is 13.3. The zero-order valence-electron chi connectivity index (χ0n) is 20.1. The highest BCUT2D eigenvalue weighted by atomic mass is 16.5. The van der Waals surface area contributed by atoms with E-state index < -0.39 is 0 Å². The van der Waals surface area contributed by atoms with Gasteiger partial charge in [0, 0.05) is 52.5 Å². The van der Waals surface area contributed by atoms with Crippen LogP contribution >= 0.6 is 0 Å². The first kappa shape index (κ1) is 22.7. The number of carbonyl (C=O) groups excluding carboxylic acids is 2. The van der Waals surface area contributed by atoms with Crippen molar-refractivity contribution in [1.29, 1.82) is 0 Å². The van der Waals surface area contributed by atoms with E-state index in [-0.39, 0.29) is 35.1 Å². The third kappa shape index (κ3) is 4.01. The molecular weight excluding hydrogens is 430 g/mol. The molecule has 3 heterocycles. The molecular formula is C27H33N3O4. The summed E-state index contributed by atoms with van der Waals surface area (Å²) in [7, 11) is 1.59. The first-order chi connectivity index (χ1) is 16.4. The van der Waals surface area contributed by atoms with E-state index in [2.05, 4.69) is 22.5 Å². The van der Waals surface area contributed by atoms with E-state index in [1.807, 2.05) is 31.2 Å². The number of methoxy groups -OCH3 is 1. The molecule has 1 saturated heterocycles. The summed E-state index contributed by atoms with van der Waals surface area (Å²) in [6.07, 6.45) is 7.16. The molecule has 7 nitrogen and oxygen atoms in total. The number of nitrogens with zero attached hydrogens (tertiary/aromatic N) is 1. The molecule has 2 fully saturated rings. The van der Waals surface area contributed by atoms with E-state index in [1.54, 1.807) is 13.3 Å². The number of hydrogen-bond donors (Lipinski definition) is 2. The molecule has 3 atom stereocenters. The summed E-state index contributed by atoms with van der Waals surface area (Å²) < 4.78 is 11.5. The fraction of sp³-hybridized carbons (Fsp3) is 0.519. The van der Waals surface area contributed by atoms with Gasteiger partial charge in [-0.05, 0) is 50.3 Å². The van der Waals surface area contributed by atoms with E-state index in [9.17, 15) is 9.59 Å². The van der Waals surface area contributed by atoms with Crippen molar-refractivity contribution in [3.8, 4) is 22.8 Å². The lowest BCUT2D eigenvalue weighted by atomic mass is 9.79. The highest BCUT2D eigenvalue weighted by molar-refractivity contribution is 5.97. The lowest BCUT2D eigenvalue weighted by Gasteiger charge is -2.32. The SMILES string of the molecule is COc1ccc(-c2cc(C(=O)NCC3C(=O)NC(C)CC3C)cc3c2OCC32CCCC2)cn1. The number of nitrogens with one attached hydrogen (secondary N) is 2. The average Bonchev–Trinajstić information content (AvgIpc) is 3.45. The summed E-state index contributed by atoms with van der Waals surface area (Å²) in [5.74, 6) is 1.26. The van der Waals surface area contributed by atoms with Crippen LogP contribution in [0.2, 0.25) is 0 Å². The summed E-state index contributed by atoms with van der Waals surface area (Å²) in [5, 5.41) is 6.04. The second kappa shape index (κ2) is 8.93. The van der Waals surface area contributed by atoms with Gasteiger partial charge in [0.05, 0.1) is 19.6 Å². The number of fused-ring (bicyclic) bond motifs is 2. The van der Waals surface area contributed by atoms with Crippen LogP contribution in [0.3, 0.4) is 0 Å². The molecule has 2 aromatic rings. The molecule has 1 aromatic carbocycles. The van der Waals surface area contributed by atoms with Gasteiger partial charge in [0.15, 0.2) is 0 Å². The Morgan fingerprint density at radius 3 is 2.74 bits per heavy atom. The lowest BCUT2D eigenvalue weighted by Crippen LogP contribution is -2.50. The minimum absolute atomic E-state index is 0.0174. The van der Waals surface area contributed by atoms with Crippen LogP contribution in [0, 0.1) is 11.8 Å². The van der Waals surface area contributed by atoms with E-state index in [4.69, 9.17) is 9.47 Å². The van der Waals surface area contributed by atoms with Gasteiger partial charge in [-0.15, -0.1) is 0 Å². The van der Waals surface area contributed by atoms with E-state index in [0.717, 1.165) is 41.7 Å². The first-order valence-corrected chi connectivity index (χ1v) is 12.3. The van der Waals surface area contributed by atoms with E-state index in [0.29, 0.717) is 24.6 Å². The second-order valence-corrected chi connectivity index (χ2v) is 10.2. The molecule has 2 amide bonds. The topological polar surface area (TPSA) is 89.5 Å². The van der Waals surface area contributed by atoms with Crippen molar-refractivity contribution in [2.24, 2.45) is 11.8 Å². The number of hydrogen-bond acceptors (Lipinski definition) is 5. The Morgan fingerprint density at radius 2 is 2.06 bits per heavy atom. The Labute approximate surface area is 200 Å². The number of benzene rings is 1. The molecule has 5 rings (SSSR count). The monoisotopic (exact) mass is 463 g/mol. The Morgan fingerprint density at radius 1 is 1.26 bits per heavy atom. The molecule has 3 aliphatic rings. The van der Waals surface area contributed by atoms with Crippen molar-refractivity contribution in [2.45, 2.75) is 57.4 Å². The van der Waals surface area contributed by atoms with Crippen LogP contribution in [0.1, 0.15) is 61.9 Å². The van der Waals surface area contributed by atoms with Crippen LogP contribution in [-0.2, 0) is 10.2 Å². The zero-order valence-corrected chi connectivity index (χ0v) is 20.1. The number of rotatable bonds is 5. The summed E-state index contributed by atoms with van der Waals surface area (Å²) in [5.41, 5.74) is 3.46. The highest BCUT2D eigenvalue weighted by Gasteiger charge is 2.44. The largest absolute Gasteiger partial charge is 0.492 e. The molecule has 7 heteroatoms. The van der Waals surface area contributed by atoms with Crippen molar-refractivity contribution >= 4 is 11.8 Å². The standard InChI is InChI=1S/C27H33N3O4/c1-16-10-17(2)30-26(32)21(16)14-29-25(31)19-11-20(18-6-7-23(33-3)28-13-18)24-22(12-19)27(15-34-24)8-4-5-9-27/h6-7,11-13,16-17,21H,4-5,8-10,14-15H2,1-3H3,(H,29,31)(H,30,32). The van der Waals surface area contributed by atoms with E-state index in [1.165, 1.54) is 12.8 Å². The molecule has 1 aliphatic carbocycles. The molecule has 0 bridgehead atoms. The van der Waals surface area contributed by atoms with Crippen molar-refractivity contribution in [3.63, 3.8) is 0 Å². The zero-order chi connectivity index (χ0) is 23.9. The predicted octanol–water partition coefficient (Wildman–Crippen LogP) is 3.85. The van der Waals surface area contributed by atoms with Crippen molar-refractivity contribution in [1.82, 2.24) is 15.6 Å². The fourth-order valence-corrected chi connectivity index (χ4v) is 5.93. The van der Waals surface area contributed by atoms with Gasteiger partial charge in [-0.3, -0.25) is 9.59 Å². The second-order valence-electron chi connectivity index (χ2n) is 10.2. The van der Waals surface area contributed by atoms with Gasteiger partial charge in [-0.25, -0.2) is 4.98 Å². The van der Waals surface area contributed by atoms with Crippen molar-refractivity contribution < 1.29 is 19.1 Å². The third-order valence-electron chi connectivity index (χ3n) is 7.85. The number of ether oxygens (including phenoxy) is 2. The molecule has 2 aliphatic heterocycles. The van der Waals surface area contributed by atoms with Crippen LogP contribution in [0.15, 0.2) is 30.5 Å². The quantitative estimate of drug-likeness (QED) is 0.703. The van der Waals surface area contributed by atoms with Gasteiger partial charge in [0.2, 0.25) is 11.8 Å². The Hall–Kier alpha value is -3.09. The van der Waals surface area contributed by atoms with Crippen LogP contribution in [0.4, 0.5) is 0 Å². The lowest BCUT2D eigenvalue weighted by molar-refractivity contribution is -0.129. The van der Waals surface area contributed by atoms with E-state index >= 15 is 0 Å². The molecule has 3 unspecified atom stereocenters. The maximum Gasteiger partial charge on any atom is 0.251 e. The Bertz CT molecular complexity index is 1090. The summed E-state index contributed by atoms with van der Waals surface area (Å²) >= 11 is 0. The first-order valence-electron chi connectivity index (χ1n) is 12.3. The van der Waals surface area contributed by atoms with Crippen molar-refractivity contribution in [3.05, 3.63) is 41.6 Å². The van der Waals surface area contributed by atoms with Crippen LogP contribution in [-0.4, -0.2) is 43.1 Å². The van der Waals surface area contributed by atoms with Gasteiger partial charge in [0.25, 0.3) is 5.91 Å². The maximum atomic E-state index is 13.3. The molecule has 1 aromatic heterocycles. The normalized spacial score (nSPS) is 24.9. The molecule has 2 N–H and O–H groups in total. The van der Waals surface area contributed by atoms with Crippen LogP contribution < -0.4 is 20.1 Å². The molecule has 1 spiro atoms. The smallest absolute Gasteiger partial charge is 0.251 e. The fourth-order valence-electron chi connectivity index (χ4n) is 5.93. The number of aromatic nitrogens is 1. The molecule has 180 valence electrons. The van der Waals surface area contributed by atoms with Gasteiger partial charge in [-0.2, -0.15) is 0 Å². The summed E-state index contributed by atoms with van der Waals surface area (Å²) in [6, 6.07) is 7.84. The highest BCUT2D eigenvalue weighted by Crippen LogP contribution is 2.52. The summed E-state index contributed by atoms with van der Waals surface area (Å²) in [6.45, 7) is 5.08. The van der Waals surface area contributed by atoms with Gasteiger partial charge < -0.3 is 20.1 Å². The van der Waals surface area contributed by atoms with Gasteiger partial charge in [-0.1, -0.05) is 19.8 Å². The number of pyridine rings is 1. The van der Waals surface area contributed by atoms with Gasteiger partial charge >= 0.3 is 0 Å². The molecule has 1 saturated carbocycles. The number of amides is 2. The Balaban J connectivity index is 1.46. The minimum atomic E-state index is -0.218.